The second-order valence-corrected chi connectivity index (χ2v) is 6.08. The largest absolute Gasteiger partial charge is 0.379 e. The summed E-state index contributed by atoms with van der Waals surface area (Å²) in [4.78, 5) is 16.7. The van der Waals surface area contributed by atoms with Crippen molar-refractivity contribution in [1.82, 2.24) is 15.1 Å². The lowest BCUT2D eigenvalue weighted by molar-refractivity contribution is 0.0374. The first kappa shape index (κ1) is 15.6. The van der Waals surface area contributed by atoms with Gasteiger partial charge >= 0.3 is 6.03 Å². The monoisotopic (exact) mass is 283 g/mol. The molecular formula is C15H29N3O2. The average molecular weight is 283 g/mol. The molecule has 2 fully saturated rings. The van der Waals surface area contributed by atoms with Crippen LogP contribution in [0.5, 0.6) is 0 Å². The molecular weight excluding hydrogens is 254 g/mol. The lowest BCUT2D eigenvalue weighted by Crippen LogP contribution is -2.52. The van der Waals surface area contributed by atoms with E-state index < -0.39 is 0 Å². The molecule has 5 nitrogen and oxygen atoms in total. The van der Waals surface area contributed by atoms with E-state index in [1.54, 1.807) is 0 Å². The number of nitrogens with one attached hydrogen (secondary N) is 1. The molecule has 2 atom stereocenters. The average Bonchev–Trinajstić information content (AvgIpc) is 2.44. The lowest BCUT2D eigenvalue weighted by atomic mass is 9.98. The lowest BCUT2D eigenvalue weighted by Gasteiger charge is -2.39. The zero-order valence-corrected chi connectivity index (χ0v) is 12.9. The molecule has 0 aliphatic carbocycles. The zero-order chi connectivity index (χ0) is 14.4. The third kappa shape index (κ3) is 4.35. The Labute approximate surface area is 122 Å². The van der Waals surface area contributed by atoms with Crippen LogP contribution in [0.3, 0.4) is 0 Å². The number of hydrogen-bond acceptors (Lipinski definition) is 3. The quantitative estimate of drug-likeness (QED) is 0.799. The van der Waals surface area contributed by atoms with E-state index in [1.165, 1.54) is 6.42 Å². The summed E-state index contributed by atoms with van der Waals surface area (Å²) in [7, 11) is 0. The molecule has 0 bridgehead atoms. The van der Waals surface area contributed by atoms with Gasteiger partial charge in [0.25, 0.3) is 0 Å². The van der Waals surface area contributed by atoms with E-state index in [1.807, 2.05) is 4.90 Å². The van der Waals surface area contributed by atoms with Gasteiger partial charge in [-0.25, -0.2) is 4.79 Å². The Morgan fingerprint density at radius 3 is 2.50 bits per heavy atom. The Kier molecular flexibility index (Phi) is 6.10. The van der Waals surface area contributed by atoms with Crippen molar-refractivity contribution < 1.29 is 9.53 Å². The number of rotatable bonds is 4. The number of likely N-dealkylation sites (tertiary alicyclic amines) is 1. The Morgan fingerprint density at radius 2 is 1.85 bits per heavy atom. The van der Waals surface area contributed by atoms with Crippen LogP contribution in [-0.2, 0) is 4.74 Å². The second kappa shape index (κ2) is 7.84. The van der Waals surface area contributed by atoms with Crippen molar-refractivity contribution in [3.63, 3.8) is 0 Å². The summed E-state index contributed by atoms with van der Waals surface area (Å²) < 4.78 is 5.33. The van der Waals surface area contributed by atoms with E-state index in [0.29, 0.717) is 12.1 Å². The minimum atomic E-state index is 0.117. The first-order valence-corrected chi connectivity index (χ1v) is 8.04. The van der Waals surface area contributed by atoms with Crippen LogP contribution in [0.4, 0.5) is 4.79 Å². The number of amides is 2. The summed E-state index contributed by atoms with van der Waals surface area (Å²) >= 11 is 0. The first-order valence-electron chi connectivity index (χ1n) is 8.04. The second-order valence-electron chi connectivity index (χ2n) is 6.08. The van der Waals surface area contributed by atoms with Gasteiger partial charge in [0, 0.05) is 31.7 Å². The van der Waals surface area contributed by atoms with Crippen LogP contribution < -0.4 is 5.32 Å². The van der Waals surface area contributed by atoms with Gasteiger partial charge in [-0.05, 0) is 46.1 Å². The highest BCUT2D eigenvalue weighted by atomic mass is 16.5. The number of piperidine rings is 1. The Hall–Kier alpha value is -0.810. The van der Waals surface area contributed by atoms with Gasteiger partial charge in [-0.1, -0.05) is 0 Å². The molecule has 2 amide bonds. The summed E-state index contributed by atoms with van der Waals surface area (Å²) in [6.07, 6.45) is 4.52. The summed E-state index contributed by atoms with van der Waals surface area (Å²) in [5, 5.41) is 3.08. The van der Waals surface area contributed by atoms with Crippen LogP contribution in [0.15, 0.2) is 0 Å². The number of morpholine rings is 1. The van der Waals surface area contributed by atoms with Crippen molar-refractivity contribution in [3.05, 3.63) is 0 Å². The Morgan fingerprint density at radius 1 is 1.20 bits per heavy atom. The predicted octanol–water partition coefficient (Wildman–Crippen LogP) is 1.68. The van der Waals surface area contributed by atoms with E-state index >= 15 is 0 Å². The van der Waals surface area contributed by atoms with E-state index in [0.717, 1.165) is 58.7 Å². The fourth-order valence-electron chi connectivity index (χ4n) is 3.24. The molecule has 0 aromatic heterocycles. The molecule has 0 saturated carbocycles. The van der Waals surface area contributed by atoms with E-state index in [4.69, 9.17) is 4.74 Å². The third-order valence-electron chi connectivity index (χ3n) is 4.46. The maximum absolute atomic E-state index is 12.3. The first-order chi connectivity index (χ1) is 9.68. The van der Waals surface area contributed by atoms with E-state index in [9.17, 15) is 4.79 Å². The predicted molar refractivity (Wildman–Crippen MR) is 79.9 cm³/mol. The number of carbonyl (C=O) groups is 1. The van der Waals surface area contributed by atoms with Crippen LogP contribution in [0, 0.1) is 0 Å². The summed E-state index contributed by atoms with van der Waals surface area (Å²) in [6, 6.07) is 0.864. The van der Waals surface area contributed by atoms with Gasteiger partial charge in [0.2, 0.25) is 0 Å². The molecule has 116 valence electrons. The summed E-state index contributed by atoms with van der Waals surface area (Å²) in [5.41, 5.74) is 0. The number of hydrogen-bond donors (Lipinski definition) is 1. The normalized spacial score (nSPS) is 28.4. The van der Waals surface area contributed by atoms with Crippen molar-refractivity contribution >= 4 is 6.03 Å². The molecule has 0 unspecified atom stereocenters. The highest BCUT2D eigenvalue weighted by Crippen LogP contribution is 2.22. The molecule has 2 heterocycles. The summed E-state index contributed by atoms with van der Waals surface area (Å²) in [5.74, 6) is 0. The minimum absolute atomic E-state index is 0.117. The van der Waals surface area contributed by atoms with Crippen LogP contribution in [0.2, 0.25) is 0 Å². The van der Waals surface area contributed by atoms with Gasteiger partial charge in [0.15, 0.2) is 0 Å². The zero-order valence-electron chi connectivity index (χ0n) is 12.9. The molecule has 0 aromatic carbocycles. The van der Waals surface area contributed by atoms with Crippen molar-refractivity contribution in [1.29, 1.82) is 0 Å². The van der Waals surface area contributed by atoms with Gasteiger partial charge in [-0.15, -0.1) is 0 Å². The number of urea groups is 1. The Bertz CT molecular complexity index is 295. The van der Waals surface area contributed by atoms with E-state index in [-0.39, 0.29) is 6.03 Å². The number of carbonyl (C=O) groups excluding carboxylic acids is 1. The van der Waals surface area contributed by atoms with Crippen LogP contribution in [0.25, 0.3) is 0 Å². The summed E-state index contributed by atoms with van der Waals surface area (Å²) in [6.45, 7) is 9.86. The molecule has 0 radical (unpaired) electrons. The fourth-order valence-corrected chi connectivity index (χ4v) is 3.24. The standard InChI is InChI=1S/C15H29N3O2/c1-13-5-3-6-14(2)18(13)15(19)16-7-4-8-17-9-11-20-12-10-17/h13-14H,3-12H2,1-2H3,(H,16,19)/t13-,14-/m0/s1. The molecule has 2 saturated heterocycles. The molecule has 0 spiro atoms. The molecule has 0 aromatic rings. The fraction of sp³-hybridized carbons (Fsp3) is 0.933. The van der Waals surface area contributed by atoms with Gasteiger partial charge in [-0.3, -0.25) is 4.90 Å². The van der Waals surface area contributed by atoms with Crippen molar-refractivity contribution in [2.75, 3.05) is 39.4 Å². The van der Waals surface area contributed by atoms with Crippen molar-refractivity contribution in [2.24, 2.45) is 0 Å². The van der Waals surface area contributed by atoms with E-state index in [2.05, 4.69) is 24.1 Å². The van der Waals surface area contributed by atoms with Gasteiger partial charge in [0.1, 0.15) is 0 Å². The molecule has 2 rings (SSSR count). The van der Waals surface area contributed by atoms with Crippen LogP contribution in [0.1, 0.15) is 39.5 Å². The highest BCUT2D eigenvalue weighted by molar-refractivity contribution is 5.74. The molecule has 1 N–H and O–H groups in total. The number of ether oxygens (including phenoxy) is 1. The number of nitrogens with zero attached hydrogens (tertiary/aromatic N) is 2. The topological polar surface area (TPSA) is 44.8 Å². The van der Waals surface area contributed by atoms with Crippen LogP contribution in [-0.4, -0.2) is 67.3 Å². The van der Waals surface area contributed by atoms with Crippen molar-refractivity contribution in [3.8, 4) is 0 Å². The van der Waals surface area contributed by atoms with Gasteiger partial charge in [0.05, 0.1) is 13.2 Å². The Balaban J connectivity index is 1.64. The maximum Gasteiger partial charge on any atom is 0.317 e. The van der Waals surface area contributed by atoms with Crippen LogP contribution >= 0.6 is 0 Å². The maximum atomic E-state index is 12.3. The third-order valence-corrected chi connectivity index (χ3v) is 4.46. The molecule has 20 heavy (non-hydrogen) atoms. The SMILES string of the molecule is C[C@H]1CCC[C@H](C)N1C(=O)NCCCN1CCOCC1. The van der Waals surface area contributed by atoms with Crippen molar-refractivity contribution in [2.45, 2.75) is 51.6 Å². The molecule has 2 aliphatic rings. The molecule has 2 aliphatic heterocycles. The van der Waals surface area contributed by atoms with Gasteiger partial charge in [-0.2, -0.15) is 0 Å². The highest BCUT2D eigenvalue weighted by Gasteiger charge is 2.28. The minimum Gasteiger partial charge on any atom is -0.379 e. The van der Waals surface area contributed by atoms with Gasteiger partial charge < -0.3 is 15.0 Å². The smallest absolute Gasteiger partial charge is 0.317 e. The molecule has 5 heteroatoms.